The topological polar surface area (TPSA) is 91.0 Å². The molecule has 3 rings (SSSR count). The number of rotatable bonds is 5. The fraction of sp³-hybridized carbons (Fsp3) is 0.529. The van der Waals surface area contributed by atoms with Gasteiger partial charge in [-0.3, -0.25) is 9.82 Å². The first-order valence-electron chi connectivity index (χ1n) is 8.62. The second kappa shape index (κ2) is 7.03. The lowest BCUT2D eigenvalue weighted by Gasteiger charge is -2.32. The van der Waals surface area contributed by atoms with Crippen molar-refractivity contribution in [3.8, 4) is 0 Å². The van der Waals surface area contributed by atoms with Crippen LogP contribution < -0.4 is 9.62 Å². The number of hydrogen-bond acceptors (Lipinski definition) is 5. The third kappa shape index (κ3) is 3.78. The van der Waals surface area contributed by atoms with Crippen LogP contribution in [0.1, 0.15) is 43.5 Å². The first-order valence-corrected chi connectivity index (χ1v) is 10.1. The van der Waals surface area contributed by atoms with E-state index in [4.69, 9.17) is 0 Å². The fourth-order valence-electron chi connectivity index (χ4n) is 3.45. The lowest BCUT2D eigenvalue weighted by molar-refractivity contribution is 0.426. The van der Waals surface area contributed by atoms with E-state index in [1.165, 1.54) is 32.1 Å². The number of aromatic nitrogens is 3. The second-order valence-electron chi connectivity index (χ2n) is 6.68. The van der Waals surface area contributed by atoms with Crippen LogP contribution in [0.4, 0.5) is 11.5 Å². The number of aromatic amines is 1. The van der Waals surface area contributed by atoms with E-state index in [-0.39, 0.29) is 4.90 Å². The summed E-state index contributed by atoms with van der Waals surface area (Å²) in [6.07, 6.45) is 7.77. The number of H-pyrrole nitrogens is 1. The van der Waals surface area contributed by atoms with Gasteiger partial charge in [-0.05, 0) is 38.8 Å². The SMILES string of the molecule is Cc1n[nH]c(C)c1S(=O)(=O)Nc1ccc(N(C)C2CCCCC2)nc1. The summed E-state index contributed by atoms with van der Waals surface area (Å²) in [7, 11) is -1.63. The molecule has 2 aromatic heterocycles. The van der Waals surface area contributed by atoms with E-state index in [0.717, 1.165) is 5.82 Å². The van der Waals surface area contributed by atoms with Crippen molar-refractivity contribution in [1.29, 1.82) is 0 Å². The normalized spacial score (nSPS) is 16.0. The van der Waals surface area contributed by atoms with Crippen molar-refractivity contribution in [2.24, 2.45) is 0 Å². The van der Waals surface area contributed by atoms with Crippen molar-refractivity contribution < 1.29 is 8.42 Å². The van der Waals surface area contributed by atoms with Crippen LogP contribution in [0.5, 0.6) is 0 Å². The molecule has 8 heteroatoms. The first-order chi connectivity index (χ1) is 11.9. The zero-order valence-electron chi connectivity index (χ0n) is 14.9. The number of nitrogens with zero attached hydrogens (tertiary/aromatic N) is 3. The molecule has 2 heterocycles. The lowest BCUT2D eigenvalue weighted by Crippen LogP contribution is -2.33. The van der Waals surface area contributed by atoms with Crippen molar-refractivity contribution in [3.63, 3.8) is 0 Å². The van der Waals surface area contributed by atoms with E-state index in [2.05, 4.69) is 31.9 Å². The molecule has 1 fully saturated rings. The monoisotopic (exact) mass is 363 g/mol. The predicted molar refractivity (Wildman–Crippen MR) is 98.4 cm³/mol. The van der Waals surface area contributed by atoms with Gasteiger partial charge in [-0.15, -0.1) is 0 Å². The van der Waals surface area contributed by atoms with Gasteiger partial charge in [0.05, 0.1) is 23.3 Å². The quantitative estimate of drug-likeness (QED) is 0.852. The summed E-state index contributed by atoms with van der Waals surface area (Å²) in [6.45, 7) is 3.35. The van der Waals surface area contributed by atoms with Gasteiger partial charge in [0.15, 0.2) is 0 Å². The van der Waals surface area contributed by atoms with Gasteiger partial charge in [0.25, 0.3) is 10.0 Å². The van der Waals surface area contributed by atoms with Gasteiger partial charge < -0.3 is 4.90 Å². The minimum Gasteiger partial charge on any atom is -0.357 e. The molecule has 0 unspecified atom stereocenters. The fourth-order valence-corrected chi connectivity index (χ4v) is 4.87. The van der Waals surface area contributed by atoms with Gasteiger partial charge in [-0.25, -0.2) is 13.4 Å². The van der Waals surface area contributed by atoms with E-state index in [1.54, 1.807) is 26.1 Å². The Labute approximate surface area is 148 Å². The standard InChI is InChI=1S/C17H25N5O2S/c1-12-17(13(2)20-19-12)25(23,24)21-14-9-10-16(18-11-14)22(3)15-7-5-4-6-8-15/h9-11,15,21H,4-8H2,1-3H3,(H,19,20). The summed E-state index contributed by atoms with van der Waals surface area (Å²) < 4.78 is 27.7. The molecule has 2 aromatic rings. The van der Waals surface area contributed by atoms with Gasteiger partial charge in [-0.2, -0.15) is 5.10 Å². The maximum absolute atomic E-state index is 12.6. The van der Waals surface area contributed by atoms with Crippen LogP contribution in [0.15, 0.2) is 23.2 Å². The molecule has 136 valence electrons. The van der Waals surface area contributed by atoms with Crippen LogP contribution in [0.25, 0.3) is 0 Å². The van der Waals surface area contributed by atoms with Crippen LogP contribution in [-0.4, -0.2) is 36.7 Å². The van der Waals surface area contributed by atoms with Crippen LogP contribution in [0.3, 0.4) is 0 Å². The number of pyridine rings is 1. The van der Waals surface area contributed by atoms with Crippen LogP contribution >= 0.6 is 0 Å². The number of aryl methyl sites for hydroxylation is 2. The molecule has 1 aliphatic rings. The maximum atomic E-state index is 12.6. The minimum atomic E-state index is -3.68. The molecule has 0 spiro atoms. The zero-order valence-corrected chi connectivity index (χ0v) is 15.7. The van der Waals surface area contributed by atoms with Gasteiger partial charge in [0.1, 0.15) is 10.7 Å². The highest BCUT2D eigenvalue weighted by atomic mass is 32.2. The highest BCUT2D eigenvalue weighted by molar-refractivity contribution is 7.92. The van der Waals surface area contributed by atoms with Crippen molar-refractivity contribution in [2.75, 3.05) is 16.7 Å². The molecule has 7 nitrogen and oxygen atoms in total. The number of anilines is 2. The highest BCUT2D eigenvalue weighted by Gasteiger charge is 2.23. The zero-order chi connectivity index (χ0) is 18.0. The van der Waals surface area contributed by atoms with Gasteiger partial charge in [0, 0.05) is 13.1 Å². The largest absolute Gasteiger partial charge is 0.357 e. The Hall–Kier alpha value is -2.09. The molecule has 1 aliphatic carbocycles. The molecule has 25 heavy (non-hydrogen) atoms. The summed E-state index contributed by atoms with van der Waals surface area (Å²) in [5.41, 5.74) is 1.42. The first kappa shape index (κ1) is 17.7. The molecular formula is C17H25N5O2S. The number of nitrogens with one attached hydrogen (secondary N) is 2. The van der Waals surface area contributed by atoms with Crippen LogP contribution in [0, 0.1) is 13.8 Å². The smallest absolute Gasteiger partial charge is 0.265 e. The molecular weight excluding hydrogens is 338 g/mol. The van der Waals surface area contributed by atoms with Crippen LogP contribution in [0.2, 0.25) is 0 Å². The summed E-state index contributed by atoms with van der Waals surface area (Å²) in [5, 5.41) is 6.64. The summed E-state index contributed by atoms with van der Waals surface area (Å²) >= 11 is 0. The van der Waals surface area contributed by atoms with E-state index in [9.17, 15) is 8.42 Å². The van der Waals surface area contributed by atoms with Gasteiger partial charge >= 0.3 is 0 Å². The molecule has 0 saturated heterocycles. The summed E-state index contributed by atoms with van der Waals surface area (Å²) in [6, 6.07) is 4.13. The number of hydrogen-bond donors (Lipinski definition) is 2. The summed E-state index contributed by atoms with van der Waals surface area (Å²) in [5.74, 6) is 0.866. The van der Waals surface area contributed by atoms with Crippen molar-refractivity contribution >= 4 is 21.5 Å². The molecule has 0 amide bonds. The summed E-state index contributed by atoms with van der Waals surface area (Å²) in [4.78, 5) is 6.83. The Bertz CT molecular complexity index is 804. The second-order valence-corrected chi connectivity index (χ2v) is 8.30. The molecule has 1 saturated carbocycles. The third-order valence-corrected chi connectivity index (χ3v) is 6.46. The van der Waals surface area contributed by atoms with E-state index in [1.807, 2.05) is 6.07 Å². The molecule has 0 radical (unpaired) electrons. The Morgan fingerprint density at radius 1 is 1.20 bits per heavy atom. The predicted octanol–water partition coefficient (Wildman–Crippen LogP) is 2.99. The van der Waals surface area contributed by atoms with Crippen molar-refractivity contribution in [2.45, 2.75) is 56.9 Å². The molecule has 2 N–H and O–H groups in total. The Morgan fingerprint density at radius 3 is 2.48 bits per heavy atom. The molecule has 0 aliphatic heterocycles. The average molecular weight is 363 g/mol. The van der Waals surface area contributed by atoms with Gasteiger partial charge in [0.2, 0.25) is 0 Å². The third-order valence-electron chi connectivity index (χ3n) is 4.81. The molecule has 0 atom stereocenters. The van der Waals surface area contributed by atoms with Gasteiger partial charge in [-0.1, -0.05) is 19.3 Å². The van der Waals surface area contributed by atoms with E-state index < -0.39 is 10.0 Å². The Kier molecular flexibility index (Phi) is 4.99. The van der Waals surface area contributed by atoms with Crippen molar-refractivity contribution in [3.05, 3.63) is 29.7 Å². The Morgan fingerprint density at radius 2 is 1.92 bits per heavy atom. The maximum Gasteiger partial charge on any atom is 0.265 e. The Balaban J connectivity index is 1.74. The van der Waals surface area contributed by atoms with Crippen LogP contribution in [-0.2, 0) is 10.0 Å². The van der Waals surface area contributed by atoms with E-state index >= 15 is 0 Å². The highest BCUT2D eigenvalue weighted by Crippen LogP contribution is 2.26. The minimum absolute atomic E-state index is 0.191. The molecule has 0 aromatic carbocycles. The lowest BCUT2D eigenvalue weighted by atomic mass is 9.94. The number of sulfonamides is 1. The van der Waals surface area contributed by atoms with E-state index in [0.29, 0.717) is 23.1 Å². The van der Waals surface area contributed by atoms with Crippen molar-refractivity contribution in [1.82, 2.24) is 15.2 Å². The average Bonchev–Trinajstić information content (AvgIpc) is 2.95. The molecule has 0 bridgehead atoms.